The molecule has 2 aromatic rings. The number of aromatic nitrogens is 2. The number of hydrogen-bond donors (Lipinski definition) is 2. The number of aromatic hydroxyl groups is 1. The highest BCUT2D eigenvalue weighted by Crippen LogP contribution is 2.14. The van der Waals surface area contributed by atoms with Crippen LogP contribution in [-0.4, -0.2) is 14.9 Å². The summed E-state index contributed by atoms with van der Waals surface area (Å²) in [7, 11) is 0. The Bertz CT molecular complexity index is 520. The van der Waals surface area contributed by atoms with Gasteiger partial charge in [-0.1, -0.05) is 32.0 Å². The lowest BCUT2D eigenvalue weighted by Crippen LogP contribution is -2.14. The molecule has 2 rings (SSSR count). The molecule has 0 saturated heterocycles. The first-order valence-corrected chi connectivity index (χ1v) is 6.65. The van der Waals surface area contributed by atoms with Gasteiger partial charge in [0.2, 0.25) is 0 Å². The molecule has 0 saturated carbocycles. The first-order chi connectivity index (χ1) is 9.15. The fraction of sp³-hybridized carbons (Fsp3) is 0.400. The predicted molar refractivity (Wildman–Crippen MR) is 75.7 cm³/mol. The van der Waals surface area contributed by atoms with Crippen LogP contribution in [0.4, 0.5) is 0 Å². The highest BCUT2D eigenvalue weighted by atomic mass is 16.3. The number of rotatable bonds is 6. The molecule has 0 aliphatic carbocycles. The number of benzene rings is 1. The summed E-state index contributed by atoms with van der Waals surface area (Å²) in [4.78, 5) is 0. The van der Waals surface area contributed by atoms with Gasteiger partial charge in [0.15, 0.2) is 0 Å². The summed E-state index contributed by atoms with van der Waals surface area (Å²) in [6.07, 6.45) is 2.01. The summed E-state index contributed by atoms with van der Waals surface area (Å²) in [6, 6.07) is 9.40. The third-order valence-electron chi connectivity index (χ3n) is 2.86. The Morgan fingerprint density at radius 2 is 2.00 bits per heavy atom. The molecule has 1 aromatic heterocycles. The molecule has 4 heteroatoms. The van der Waals surface area contributed by atoms with E-state index in [1.807, 2.05) is 35.1 Å². The Morgan fingerprint density at radius 3 is 2.74 bits per heavy atom. The normalized spacial score (nSPS) is 11.1. The number of phenols is 1. The van der Waals surface area contributed by atoms with Gasteiger partial charge in [-0.2, -0.15) is 5.10 Å². The summed E-state index contributed by atoms with van der Waals surface area (Å²) in [5, 5.41) is 17.4. The minimum Gasteiger partial charge on any atom is -0.508 e. The van der Waals surface area contributed by atoms with E-state index in [2.05, 4.69) is 24.3 Å². The molecule has 0 unspecified atom stereocenters. The zero-order valence-electron chi connectivity index (χ0n) is 11.5. The minimum absolute atomic E-state index is 0.334. The number of nitrogens with zero attached hydrogens (tertiary/aromatic N) is 2. The predicted octanol–water partition coefficient (Wildman–Crippen LogP) is 2.53. The van der Waals surface area contributed by atoms with Crippen molar-refractivity contribution in [1.82, 2.24) is 15.1 Å². The van der Waals surface area contributed by atoms with E-state index in [0.29, 0.717) is 24.8 Å². The van der Waals surface area contributed by atoms with E-state index < -0.39 is 0 Å². The van der Waals surface area contributed by atoms with Crippen molar-refractivity contribution in [2.24, 2.45) is 5.92 Å². The van der Waals surface area contributed by atoms with Gasteiger partial charge in [-0.15, -0.1) is 0 Å². The molecule has 1 heterocycles. The van der Waals surface area contributed by atoms with Crippen LogP contribution in [0.15, 0.2) is 36.5 Å². The molecule has 0 spiro atoms. The van der Waals surface area contributed by atoms with Gasteiger partial charge in [0.25, 0.3) is 0 Å². The number of nitrogens with one attached hydrogen (secondary N) is 1. The van der Waals surface area contributed by atoms with Gasteiger partial charge in [-0.3, -0.25) is 4.68 Å². The zero-order valence-corrected chi connectivity index (χ0v) is 11.5. The Hall–Kier alpha value is -1.81. The Balaban J connectivity index is 1.83. The quantitative estimate of drug-likeness (QED) is 0.838. The molecule has 2 N–H and O–H groups in total. The summed E-state index contributed by atoms with van der Waals surface area (Å²) >= 11 is 0. The maximum atomic E-state index is 9.65. The first kappa shape index (κ1) is 13.6. The zero-order chi connectivity index (χ0) is 13.7. The van der Waals surface area contributed by atoms with E-state index in [1.165, 1.54) is 0 Å². The standard InChI is InChI=1S/C15H21N3O/c1-12(2)11-18-8-7-14(17-18)10-16-9-13-5-3-4-6-15(13)19/h3-8,12,16,19H,9-11H2,1-2H3. The topological polar surface area (TPSA) is 50.1 Å². The van der Waals surface area contributed by atoms with Crippen LogP contribution in [0.25, 0.3) is 0 Å². The highest BCUT2D eigenvalue weighted by molar-refractivity contribution is 5.31. The molecule has 0 bridgehead atoms. The van der Waals surface area contributed by atoms with Crippen LogP contribution in [0.1, 0.15) is 25.1 Å². The molecular formula is C15H21N3O. The molecule has 0 radical (unpaired) electrons. The molecule has 4 nitrogen and oxygen atoms in total. The van der Waals surface area contributed by atoms with Crippen molar-refractivity contribution in [2.45, 2.75) is 33.5 Å². The maximum Gasteiger partial charge on any atom is 0.120 e. The van der Waals surface area contributed by atoms with Gasteiger partial charge in [-0.05, 0) is 18.1 Å². The van der Waals surface area contributed by atoms with E-state index in [4.69, 9.17) is 0 Å². The van der Waals surface area contributed by atoms with Crippen LogP contribution in [-0.2, 0) is 19.6 Å². The van der Waals surface area contributed by atoms with Crippen LogP contribution >= 0.6 is 0 Å². The third-order valence-corrected chi connectivity index (χ3v) is 2.86. The molecule has 1 aromatic carbocycles. The van der Waals surface area contributed by atoms with Crippen LogP contribution in [0.3, 0.4) is 0 Å². The summed E-state index contributed by atoms with van der Waals surface area (Å²) in [6.45, 7) is 6.65. The van der Waals surface area contributed by atoms with Gasteiger partial charge in [0, 0.05) is 31.4 Å². The largest absolute Gasteiger partial charge is 0.508 e. The summed E-state index contributed by atoms with van der Waals surface area (Å²) in [5.74, 6) is 0.933. The Morgan fingerprint density at radius 1 is 1.21 bits per heavy atom. The summed E-state index contributed by atoms with van der Waals surface area (Å²) in [5.41, 5.74) is 1.93. The van der Waals surface area contributed by atoms with Crippen LogP contribution in [0.2, 0.25) is 0 Å². The van der Waals surface area contributed by atoms with Crippen LogP contribution < -0.4 is 5.32 Å². The highest BCUT2D eigenvalue weighted by Gasteiger charge is 2.02. The van der Waals surface area contributed by atoms with Gasteiger partial charge in [0.1, 0.15) is 5.75 Å². The van der Waals surface area contributed by atoms with E-state index in [9.17, 15) is 5.11 Å². The Labute approximate surface area is 114 Å². The van der Waals surface area contributed by atoms with E-state index in [-0.39, 0.29) is 0 Å². The second-order valence-corrected chi connectivity index (χ2v) is 5.16. The van der Waals surface area contributed by atoms with Crippen LogP contribution in [0, 0.1) is 5.92 Å². The van der Waals surface area contributed by atoms with Gasteiger partial charge < -0.3 is 10.4 Å². The van der Waals surface area contributed by atoms with E-state index >= 15 is 0 Å². The van der Waals surface area contributed by atoms with Crippen molar-refractivity contribution < 1.29 is 5.11 Å². The van der Waals surface area contributed by atoms with Crippen molar-refractivity contribution in [3.05, 3.63) is 47.8 Å². The molecule has 0 amide bonds. The first-order valence-electron chi connectivity index (χ1n) is 6.65. The maximum absolute atomic E-state index is 9.65. The average molecular weight is 259 g/mol. The fourth-order valence-corrected chi connectivity index (χ4v) is 1.96. The molecule has 0 fully saturated rings. The Kier molecular flexibility index (Phi) is 4.58. The monoisotopic (exact) mass is 259 g/mol. The van der Waals surface area contributed by atoms with Crippen molar-refractivity contribution in [3.63, 3.8) is 0 Å². The van der Waals surface area contributed by atoms with Crippen molar-refractivity contribution in [1.29, 1.82) is 0 Å². The van der Waals surface area contributed by atoms with Crippen molar-refractivity contribution in [3.8, 4) is 5.75 Å². The molecule has 0 aliphatic heterocycles. The van der Waals surface area contributed by atoms with Crippen molar-refractivity contribution in [2.75, 3.05) is 0 Å². The molecule has 0 atom stereocenters. The lowest BCUT2D eigenvalue weighted by Gasteiger charge is -2.06. The molecule has 0 aliphatic rings. The summed E-state index contributed by atoms with van der Waals surface area (Å²) < 4.78 is 1.97. The smallest absolute Gasteiger partial charge is 0.120 e. The average Bonchev–Trinajstić information content (AvgIpc) is 2.78. The minimum atomic E-state index is 0.334. The number of para-hydroxylation sites is 1. The van der Waals surface area contributed by atoms with Gasteiger partial charge in [0.05, 0.1) is 5.69 Å². The molecule has 102 valence electrons. The fourth-order valence-electron chi connectivity index (χ4n) is 1.96. The van der Waals surface area contributed by atoms with Crippen molar-refractivity contribution >= 4 is 0 Å². The van der Waals surface area contributed by atoms with Gasteiger partial charge >= 0.3 is 0 Å². The third kappa shape index (κ3) is 4.10. The van der Waals surface area contributed by atoms with E-state index in [0.717, 1.165) is 17.8 Å². The SMILES string of the molecule is CC(C)Cn1ccc(CNCc2ccccc2O)n1. The lowest BCUT2D eigenvalue weighted by atomic mass is 10.2. The number of phenolic OH excluding ortho intramolecular Hbond substituents is 1. The van der Waals surface area contributed by atoms with Gasteiger partial charge in [-0.25, -0.2) is 0 Å². The number of hydrogen-bond acceptors (Lipinski definition) is 3. The second kappa shape index (κ2) is 6.38. The molecular weight excluding hydrogens is 238 g/mol. The second-order valence-electron chi connectivity index (χ2n) is 5.16. The van der Waals surface area contributed by atoms with E-state index in [1.54, 1.807) is 6.07 Å². The molecule has 19 heavy (non-hydrogen) atoms. The van der Waals surface area contributed by atoms with Crippen LogP contribution in [0.5, 0.6) is 5.75 Å². The lowest BCUT2D eigenvalue weighted by molar-refractivity contribution is 0.462.